The molecule has 0 radical (unpaired) electrons. The molecular formula is C12H16BrNO3. The predicted molar refractivity (Wildman–Crippen MR) is 69.1 cm³/mol. The molecule has 1 atom stereocenters. The van der Waals surface area contributed by atoms with Gasteiger partial charge in [-0.3, -0.25) is 4.79 Å². The number of hydrogen-bond acceptors (Lipinski definition) is 3. The summed E-state index contributed by atoms with van der Waals surface area (Å²) in [7, 11) is 1.53. The highest BCUT2D eigenvalue weighted by molar-refractivity contribution is 9.10. The Balaban J connectivity index is 2.75. The van der Waals surface area contributed by atoms with Crippen molar-refractivity contribution in [2.45, 2.75) is 13.0 Å². The van der Waals surface area contributed by atoms with Gasteiger partial charge in [0.25, 0.3) is 5.91 Å². The molecule has 1 aromatic rings. The molecule has 1 rings (SSSR count). The molecule has 0 aliphatic carbocycles. The molecule has 1 aromatic carbocycles. The van der Waals surface area contributed by atoms with E-state index in [4.69, 9.17) is 9.84 Å². The molecule has 1 unspecified atom stereocenters. The van der Waals surface area contributed by atoms with Crippen molar-refractivity contribution in [1.82, 2.24) is 5.32 Å². The number of benzene rings is 1. The lowest BCUT2D eigenvalue weighted by Gasteiger charge is -2.15. The maximum atomic E-state index is 11.9. The van der Waals surface area contributed by atoms with Crippen molar-refractivity contribution in [2.24, 2.45) is 0 Å². The Bertz CT molecular complexity index is 375. The van der Waals surface area contributed by atoms with Crippen LogP contribution in [-0.4, -0.2) is 37.4 Å². The molecule has 2 N–H and O–H groups in total. The highest BCUT2D eigenvalue weighted by Gasteiger charge is 2.13. The van der Waals surface area contributed by atoms with Crippen molar-refractivity contribution < 1.29 is 14.6 Å². The summed E-state index contributed by atoms with van der Waals surface area (Å²) in [6.45, 7) is 2.06. The van der Waals surface area contributed by atoms with Crippen LogP contribution >= 0.6 is 15.9 Å². The topological polar surface area (TPSA) is 58.6 Å². The number of halogens is 1. The van der Waals surface area contributed by atoms with Gasteiger partial charge in [0.15, 0.2) is 0 Å². The minimum absolute atomic E-state index is 0.146. The number of rotatable bonds is 5. The Morgan fingerprint density at radius 1 is 1.53 bits per heavy atom. The van der Waals surface area contributed by atoms with Crippen molar-refractivity contribution in [1.29, 1.82) is 0 Å². The van der Waals surface area contributed by atoms with Gasteiger partial charge >= 0.3 is 0 Å². The Labute approximate surface area is 109 Å². The maximum Gasteiger partial charge on any atom is 0.251 e. The number of methoxy groups -OCH3 is 1. The van der Waals surface area contributed by atoms with Crippen molar-refractivity contribution in [3.63, 3.8) is 0 Å². The van der Waals surface area contributed by atoms with Crippen LogP contribution in [-0.2, 0) is 4.74 Å². The number of aryl methyl sites for hydroxylation is 1. The maximum absolute atomic E-state index is 11.9. The van der Waals surface area contributed by atoms with Gasteiger partial charge in [-0.1, -0.05) is 15.9 Å². The molecule has 94 valence electrons. The van der Waals surface area contributed by atoms with E-state index in [9.17, 15) is 4.79 Å². The summed E-state index contributed by atoms with van der Waals surface area (Å²) in [4.78, 5) is 11.9. The van der Waals surface area contributed by atoms with Crippen LogP contribution in [0.5, 0.6) is 0 Å². The quantitative estimate of drug-likeness (QED) is 0.866. The summed E-state index contributed by atoms with van der Waals surface area (Å²) in [6, 6.07) is 5.08. The zero-order valence-electron chi connectivity index (χ0n) is 9.87. The second kappa shape index (κ2) is 6.74. The highest BCUT2D eigenvalue weighted by Crippen LogP contribution is 2.15. The lowest BCUT2D eigenvalue weighted by molar-refractivity contribution is 0.0839. The Morgan fingerprint density at radius 3 is 2.76 bits per heavy atom. The number of carbonyl (C=O) groups excluding carboxylic acids is 1. The van der Waals surface area contributed by atoms with E-state index in [0.717, 1.165) is 10.0 Å². The molecule has 0 aromatic heterocycles. The summed E-state index contributed by atoms with van der Waals surface area (Å²) in [5, 5.41) is 11.8. The Hall–Kier alpha value is -0.910. The minimum Gasteiger partial charge on any atom is -0.394 e. The normalized spacial score (nSPS) is 12.2. The third-order valence-electron chi connectivity index (χ3n) is 2.23. The summed E-state index contributed by atoms with van der Waals surface area (Å²) >= 11 is 3.34. The van der Waals surface area contributed by atoms with Crippen molar-refractivity contribution in [2.75, 3.05) is 20.3 Å². The molecule has 0 aliphatic heterocycles. The van der Waals surface area contributed by atoms with Gasteiger partial charge in [0.1, 0.15) is 0 Å². The fourth-order valence-electron chi connectivity index (χ4n) is 1.48. The van der Waals surface area contributed by atoms with Gasteiger partial charge in [0, 0.05) is 17.1 Å². The largest absolute Gasteiger partial charge is 0.394 e. The number of aliphatic hydroxyl groups is 1. The molecule has 4 nitrogen and oxygen atoms in total. The summed E-state index contributed by atoms with van der Waals surface area (Å²) < 4.78 is 5.75. The lowest BCUT2D eigenvalue weighted by Crippen LogP contribution is -2.40. The summed E-state index contributed by atoms with van der Waals surface area (Å²) in [6.07, 6.45) is 0. The van der Waals surface area contributed by atoms with Crippen LogP contribution in [0.15, 0.2) is 22.7 Å². The molecule has 0 saturated carbocycles. The van der Waals surface area contributed by atoms with Gasteiger partial charge < -0.3 is 15.2 Å². The fourth-order valence-corrected chi connectivity index (χ4v) is 2.09. The molecule has 17 heavy (non-hydrogen) atoms. The Kier molecular flexibility index (Phi) is 5.61. The molecule has 0 fully saturated rings. The third kappa shape index (κ3) is 4.46. The van der Waals surface area contributed by atoms with Gasteiger partial charge in [-0.25, -0.2) is 0 Å². The third-order valence-corrected chi connectivity index (χ3v) is 2.69. The number of hydrogen-bond donors (Lipinski definition) is 2. The zero-order chi connectivity index (χ0) is 12.8. The van der Waals surface area contributed by atoms with Crippen LogP contribution in [0, 0.1) is 6.92 Å². The second-order valence-electron chi connectivity index (χ2n) is 3.83. The van der Waals surface area contributed by atoms with E-state index < -0.39 is 0 Å². The van der Waals surface area contributed by atoms with Crippen LogP contribution in [0.25, 0.3) is 0 Å². The average Bonchev–Trinajstić information content (AvgIpc) is 2.27. The molecule has 1 amide bonds. The smallest absolute Gasteiger partial charge is 0.251 e. The first-order chi connectivity index (χ1) is 8.06. The highest BCUT2D eigenvalue weighted by atomic mass is 79.9. The van der Waals surface area contributed by atoms with Crippen LogP contribution in [0.2, 0.25) is 0 Å². The SMILES string of the molecule is COCC(CO)NC(=O)c1cc(C)cc(Br)c1. The first-order valence-electron chi connectivity index (χ1n) is 5.24. The van der Waals surface area contributed by atoms with E-state index in [1.807, 2.05) is 13.0 Å². The van der Waals surface area contributed by atoms with E-state index in [2.05, 4.69) is 21.2 Å². The van der Waals surface area contributed by atoms with Crippen molar-refractivity contribution in [3.8, 4) is 0 Å². The van der Waals surface area contributed by atoms with E-state index in [-0.39, 0.29) is 25.2 Å². The van der Waals surface area contributed by atoms with Gasteiger partial charge in [-0.2, -0.15) is 0 Å². The van der Waals surface area contributed by atoms with E-state index in [0.29, 0.717) is 5.56 Å². The molecular weight excluding hydrogens is 286 g/mol. The van der Waals surface area contributed by atoms with E-state index >= 15 is 0 Å². The number of aliphatic hydroxyl groups excluding tert-OH is 1. The standard InChI is InChI=1S/C12H16BrNO3/c1-8-3-9(5-10(13)4-8)12(16)14-11(6-15)7-17-2/h3-5,11,15H,6-7H2,1-2H3,(H,14,16). The van der Waals surface area contributed by atoms with Crippen LogP contribution in [0.1, 0.15) is 15.9 Å². The summed E-state index contributed by atoms with van der Waals surface area (Å²) in [5.41, 5.74) is 1.56. The van der Waals surface area contributed by atoms with E-state index in [1.54, 1.807) is 12.1 Å². The number of carbonyl (C=O) groups is 1. The molecule has 0 saturated heterocycles. The fraction of sp³-hybridized carbons (Fsp3) is 0.417. The molecule has 5 heteroatoms. The van der Waals surface area contributed by atoms with Gasteiger partial charge in [0.05, 0.1) is 19.3 Å². The molecule has 0 aliphatic rings. The number of ether oxygens (including phenoxy) is 1. The van der Waals surface area contributed by atoms with Crippen molar-refractivity contribution >= 4 is 21.8 Å². The summed E-state index contributed by atoms with van der Waals surface area (Å²) in [5.74, 6) is -0.217. The van der Waals surface area contributed by atoms with Crippen molar-refractivity contribution in [3.05, 3.63) is 33.8 Å². The van der Waals surface area contributed by atoms with Gasteiger partial charge in [-0.15, -0.1) is 0 Å². The number of amides is 1. The zero-order valence-corrected chi connectivity index (χ0v) is 11.5. The van der Waals surface area contributed by atoms with Crippen LogP contribution < -0.4 is 5.32 Å². The molecule has 0 bridgehead atoms. The van der Waals surface area contributed by atoms with Crippen LogP contribution in [0.4, 0.5) is 0 Å². The molecule has 0 spiro atoms. The second-order valence-corrected chi connectivity index (χ2v) is 4.74. The van der Waals surface area contributed by atoms with E-state index in [1.165, 1.54) is 7.11 Å². The first kappa shape index (κ1) is 14.2. The average molecular weight is 302 g/mol. The van der Waals surface area contributed by atoms with Crippen LogP contribution in [0.3, 0.4) is 0 Å². The number of nitrogens with one attached hydrogen (secondary N) is 1. The lowest BCUT2D eigenvalue weighted by atomic mass is 10.1. The van der Waals surface area contributed by atoms with Gasteiger partial charge in [0.2, 0.25) is 0 Å². The first-order valence-corrected chi connectivity index (χ1v) is 6.04. The Morgan fingerprint density at radius 2 is 2.24 bits per heavy atom. The predicted octanol–water partition coefficient (Wildman–Crippen LogP) is 1.49. The monoisotopic (exact) mass is 301 g/mol. The van der Waals surface area contributed by atoms with Gasteiger partial charge in [-0.05, 0) is 30.7 Å². The minimum atomic E-state index is -0.383. The molecule has 0 heterocycles.